The lowest BCUT2D eigenvalue weighted by atomic mass is 9.98. The van der Waals surface area contributed by atoms with E-state index in [9.17, 15) is 16.8 Å². The number of nitrogens with zero attached hydrogens (tertiary/aromatic N) is 1. The lowest BCUT2D eigenvalue weighted by Crippen LogP contribution is -2.48. The molecule has 2 aromatic carbocycles. The fraction of sp³-hybridized carbons (Fsp3) is 0.400. The molecular weight excluding hydrogens is 398 g/mol. The van der Waals surface area contributed by atoms with Gasteiger partial charge in [0.25, 0.3) is 0 Å². The van der Waals surface area contributed by atoms with Gasteiger partial charge in [-0.1, -0.05) is 24.3 Å². The van der Waals surface area contributed by atoms with Crippen molar-refractivity contribution in [3.8, 4) is 5.75 Å². The van der Waals surface area contributed by atoms with Crippen molar-refractivity contribution in [2.24, 2.45) is 0 Å². The normalized spacial score (nSPS) is 24.6. The number of hydrogen-bond donors (Lipinski definition) is 0. The molecule has 0 aliphatic carbocycles. The maximum absolute atomic E-state index is 13.3. The molecule has 28 heavy (non-hydrogen) atoms. The largest absolute Gasteiger partial charge is 0.497 e. The van der Waals surface area contributed by atoms with E-state index in [1.54, 1.807) is 12.1 Å². The van der Waals surface area contributed by atoms with Crippen LogP contribution in [0.2, 0.25) is 0 Å². The quantitative estimate of drug-likeness (QED) is 0.747. The summed E-state index contributed by atoms with van der Waals surface area (Å²) in [7, 11) is -5.70. The molecule has 2 atom stereocenters. The van der Waals surface area contributed by atoms with Gasteiger partial charge in [-0.3, -0.25) is 4.90 Å². The van der Waals surface area contributed by atoms with Crippen LogP contribution in [0, 0.1) is 0 Å². The van der Waals surface area contributed by atoms with Gasteiger partial charge in [-0.2, -0.15) is 0 Å². The van der Waals surface area contributed by atoms with Gasteiger partial charge in [-0.15, -0.1) is 0 Å². The van der Waals surface area contributed by atoms with Crippen molar-refractivity contribution in [2.45, 2.75) is 29.2 Å². The van der Waals surface area contributed by atoms with Crippen molar-refractivity contribution in [1.29, 1.82) is 0 Å². The summed E-state index contributed by atoms with van der Waals surface area (Å²) in [6.07, 6.45) is 0.794. The number of rotatable bonds is 4. The Morgan fingerprint density at radius 2 is 1.68 bits per heavy atom. The molecule has 2 heterocycles. The number of hydrogen-bond acceptors (Lipinski definition) is 6. The van der Waals surface area contributed by atoms with Gasteiger partial charge in [0.1, 0.15) is 5.75 Å². The Labute approximate surface area is 166 Å². The third kappa shape index (κ3) is 3.56. The van der Waals surface area contributed by atoms with E-state index in [1.165, 1.54) is 24.8 Å². The van der Waals surface area contributed by atoms with E-state index in [0.717, 1.165) is 12.0 Å². The first kappa shape index (κ1) is 19.4. The van der Waals surface area contributed by atoms with Crippen LogP contribution in [0.25, 0.3) is 0 Å². The van der Waals surface area contributed by atoms with Crippen LogP contribution in [0.1, 0.15) is 11.1 Å². The summed E-state index contributed by atoms with van der Waals surface area (Å²) in [4.78, 5) is 2.16. The lowest BCUT2D eigenvalue weighted by Gasteiger charge is -2.35. The maximum Gasteiger partial charge on any atom is 0.183 e. The van der Waals surface area contributed by atoms with Gasteiger partial charge in [0.05, 0.1) is 28.8 Å². The Bertz CT molecular complexity index is 1080. The summed E-state index contributed by atoms with van der Waals surface area (Å²) in [6, 6.07) is 13.7. The van der Waals surface area contributed by atoms with E-state index < -0.39 is 31.0 Å². The molecule has 0 spiro atoms. The monoisotopic (exact) mass is 421 g/mol. The van der Waals surface area contributed by atoms with Gasteiger partial charge in [-0.25, -0.2) is 16.8 Å². The molecule has 2 aromatic rings. The van der Waals surface area contributed by atoms with Crippen LogP contribution in [0.4, 0.5) is 0 Å². The predicted molar refractivity (Wildman–Crippen MR) is 107 cm³/mol. The Kier molecular flexibility index (Phi) is 4.97. The van der Waals surface area contributed by atoms with Crippen LogP contribution >= 0.6 is 0 Å². The molecule has 0 aromatic heterocycles. The van der Waals surface area contributed by atoms with Crippen LogP contribution in [0.15, 0.2) is 53.4 Å². The van der Waals surface area contributed by atoms with Crippen molar-refractivity contribution in [3.05, 3.63) is 59.7 Å². The van der Waals surface area contributed by atoms with Gasteiger partial charge in [-0.05, 0) is 41.8 Å². The Morgan fingerprint density at radius 3 is 2.36 bits per heavy atom. The van der Waals surface area contributed by atoms with E-state index >= 15 is 0 Å². The molecule has 0 unspecified atom stereocenters. The predicted octanol–water partition coefficient (Wildman–Crippen LogP) is 1.69. The fourth-order valence-electron chi connectivity index (χ4n) is 4.17. The van der Waals surface area contributed by atoms with Gasteiger partial charge >= 0.3 is 0 Å². The summed E-state index contributed by atoms with van der Waals surface area (Å²) >= 11 is 0. The van der Waals surface area contributed by atoms with E-state index in [-0.39, 0.29) is 16.4 Å². The summed E-state index contributed by atoms with van der Waals surface area (Å²) in [5.74, 6) is 0.113. The first-order valence-corrected chi connectivity index (χ1v) is 12.6. The lowest BCUT2D eigenvalue weighted by molar-refractivity contribution is 0.195. The molecule has 2 aliphatic rings. The highest BCUT2D eigenvalue weighted by molar-refractivity contribution is 7.96. The number of sulfone groups is 2. The minimum atomic E-state index is -3.79. The van der Waals surface area contributed by atoms with Crippen molar-refractivity contribution < 1.29 is 21.6 Å². The Hall–Kier alpha value is -1.90. The number of methoxy groups -OCH3 is 1. The molecule has 4 rings (SSSR count). The highest BCUT2D eigenvalue weighted by Gasteiger charge is 2.48. The maximum atomic E-state index is 13.3. The Morgan fingerprint density at radius 1 is 1.00 bits per heavy atom. The minimum absolute atomic E-state index is 0.116. The standard InChI is InChI=1S/C20H23NO5S2/c1-26-17-6-8-18(9-7-17)28(24,25)20-14-27(22,23)13-19(20)21-11-10-15-4-2-3-5-16(15)12-21/h2-9,19-20H,10-14H2,1H3/t19-,20-/m1/s1. The van der Waals surface area contributed by atoms with E-state index in [0.29, 0.717) is 18.8 Å². The van der Waals surface area contributed by atoms with Crippen molar-refractivity contribution in [2.75, 3.05) is 25.2 Å². The average Bonchev–Trinajstić information content (AvgIpc) is 3.04. The molecule has 0 radical (unpaired) electrons. The fourth-order valence-corrected chi connectivity index (χ4v) is 9.00. The molecule has 0 saturated carbocycles. The van der Waals surface area contributed by atoms with Crippen molar-refractivity contribution >= 4 is 19.7 Å². The highest BCUT2D eigenvalue weighted by Crippen LogP contribution is 2.32. The van der Waals surface area contributed by atoms with Crippen LogP contribution in [-0.4, -0.2) is 58.2 Å². The molecule has 2 aliphatic heterocycles. The van der Waals surface area contributed by atoms with Crippen LogP contribution in [0.3, 0.4) is 0 Å². The van der Waals surface area contributed by atoms with Crippen LogP contribution in [-0.2, 0) is 32.6 Å². The topological polar surface area (TPSA) is 80.8 Å². The van der Waals surface area contributed by atoms with Gasteiger partial charge in [0.2, 0.25) is 0 Å². The third-order valence-corrected chi connectivity index (χ3v) is 9.82. The smallest absolute Gasteiger partial charge is 0.183 e. The molecule has 1 fully saturated rings. The molecule has 0 amide bonds. The van der Waals surface area contributed by atoms with Gasteiger partial charge in [0.15, 0.2) is 19.7 Å². The van der Waals surface area contributed by atoms with Gasteiger partial charge < -0.3 is 4.74 Å². The van der Waals surface area contributed by atoms with Crippen molar-refractivity contribution in [3.63, 3.8) is 0 Å². The zero-order chi connectivity index (χ0) is 19.9. The minimum Gasteiger partial charge on any atom is -0.497 e. The molecule has 1 saturated heterocycles. The SMILES string of the molecule is COc1ccc(S(=O)(=O)[C@@H]2CS(=O)(=O)C[C@H]2N2CCc3ccccc3C2)cc1. The number of fused-ring (bicyclic) bond motifs is 1. The van der Waals surface area contributed by atoms with Gasteiger partial charge in [0, 0.05) is 19.1 Å². The summed E-state index contributed by atoms with van der Waals surface area (Å²) in [6.45, 7) is 1.23. The summed E-state index contributed by atoms with van der Waals surface area (Å²) in [5.41, 5.74) is 2.38. The molecule has 150 valence electrons. The average molecular weight is 422 g/mol. The second-order valence-corrected chi connectivity index (χ2v) is 11.7. The van der Waals surface area contributed by atoms with Crippen LogP contribution in [0.5, 0.6) is 5.75 Å². The van der Waals surface area contributed by atoms with E-state index in [2.05, 4.69) is 6.07 Å². The zero-order valence-electron chi connectivity index (χ0n) is 15.6. The first-order valence-electron chi connectivity index (χ1n) is 9.19. The highest BCUT2D eigenvalue weighted by atomic mass is 32.2. The third-order valence-electron chi connectivity index (χ3n) is 5.69. The molecule has 0 bridgehead atoms. The molecule has 6 nitrogen and oxygen atoms in total. The molecule has 8 heteroatoms. The molecular formula is C20H23NO5S2. The molecule has 0 N–H and O–H groups in total. The van der Waals surface area contributed by atoms with Crippen LogP contribution < -0.4 is 4.74 Å². The summed E-state index contributed by atoms with van der Waals surface area (Å²) < 4.78 is 56.5. The summed E-state index contributed by atoms with van der Waals surface area (Å²) in [5, 5.41) is -0.962. The first-order chi connectivity index (χ1) is 13.3. The van der Waals surface area contributed by atoms with Crippen molar-refractivity contribution in [1.82, 2.24) is 4.90 Å². The zero-order valence-corrected chi connectivity index (χ0v) is 17.2. The van der Waals surface area contributed by atoms with E-state index in [4.69, 9.17) is 4.74 Å². The number of benzene rings is 2. The second-order valence-electron chi connectivity index (χ2n) is 7.39. The van der Waals surface area contributed by atoms with E-state index in [1.807, 2.05) is 23.1 Å². The Balaban J connectivity index is 1.66. The second kappa shape index (κ2) is 7.17. The number of ether oxygens (including phenoxy) is 1.